The van der Waals surface area contributed by atoms with Gasteiger partial charge >= 0.3 is 6.43 Å². The Kier molecular flexibility index (Phi) is 2.19. The van der Waals surface area contributed by atoms with Gasteiger partial charge in [0, 0.05) is 0 Å². The maximum atomic E-state index is 11.9. The first kappa shape index (κ1) is 8.87. The highest BCUT2D eigenvalue weighted by Gasteiger charge is 2.41. The van der Waals surface area contributed by atoms with Crippen molar-refractivity contribution in [2.45, 2.75) is 43.9 Å². The molecule has 2 bridgehead atoms. The normalized spacial score (nSPS) is 37.0. The zero-order valence-corrected chi connectivity index (χ0v) is 7.00. The Labute approximate surface area is 74.4 Å². The number of alkyl halides is 2. The first-order valence-electron chi connectivity index (χ1n) is 4.41. The van der Waals surface area contributed by atoms with Crippen LogP contribution in [0.4, 0.5) is 8.78 Å². The van der Waals surface area contributed by atoms with Crippen LogP contribution in [0.3, 0.4) is 0 Å². The number of halogens is 2. The number of hydrogen-bond acceptors (Lipinski definition) is 2. The van der Waals surface area contributed by atoms with Gasteiger partial charge in [-0.3, -0.25) is 4.79 Å². The smallest absolute Gasteiger partial charge is 0.315 e. The number of fused-ring (bicyclic) bond motifs is 2. The summed E-state index contributed by atoms with van der Waals surface area (Å²) < 4.78 is 29.1. The van der Waals surface area contributed by atoms with E-state index < -0.39 is 12.3 Å². The molecule has 0 aromatic carbocycles. The average Bonchev–Trinajstić information content (AvgIpc) is 2.64. The Hall–Kier alpha value is -0.710. The highest BCUT2D eigenvalue weighted by atomic mass is 19.3. The fourth-order valence-corrected chi connectivity index (χ4v) is 2.04. The van der Waals surface area contributed by atoms with Crippen LogP contribution in [0.5, 0.6) is 0 Å². The summed E-state index contributed by atoms with van der Waals surface area (Å²) in [6, 6.07) is -0.194. The molecule has 13 heavy (non-hydrogen) atoms. The van der Waals surface area contributed by atoms with Crippen LogP contribution in [0.1, 0.15) is 19.3 Å². The lowest BCUT2D eigenvalue weighted by atomic mass is 9.95. The SMILES string of the molecule is O=C(N[C@H]1CC2CCC1O2)C(F)F. The van der Waals surface area contributed by atoms with Crippen molar-refractivity contribution < 1.29 is 18.3 Å². The molecule has 3 atom stereocenters. The molecule has 1 N–H and O–H groups in total. The maximum Gasteiger partial charge on any atom is 0.315 e. The fourth-order valence-electron chi connectivity index (χ4n) is 2.04. The van der Waals surface area contributed by atoms with Crippen molar-refractivity contribution in [1.29, 1.82) is 0 Å². The van der Waals surface area contributed by atoms with Gasteiger partial charge in [-0.05, 0) is 19.3 Å². The van der Waals surface area contributed by atoms with Crippen molar-refractivity contribution >= 4 is 5.91 Å². The van der Waals surface area contributed by atoms with E-state index in [4.69, 9.17) is 4.74 Å². The van der Waals surface area contributed by atoms with E-state index in [9.17, 15) is 13.6 Å². The molecule has 2 saturated heterocycles. The second-order valence-corrected chi connectivity index (χ2v) is 3.53. The van der Waals surface area contributed by atoms with E-state index in [1.165, 1.54) is 0 Å². The Morgan fingerprint density at radius 3 is 2.69 bits per heavy atom. The molecule has 0 saturated carbocycles. The standard InChI is InChI=1S/C8H11F2NO2/c9-7(10)8(12)11-5-3-4-1-2-6(5)13-4/h4-7H,1-3H2,(H,11,12)/t4?,5-,6?/m0/s1. The van der Waals surface area contributed by atoms with Crippen molar-refractivity contribution in [2.24, 2.45) is 0 Å². The Morgan fingerprint density at radius 2 is 2.23 bits per heavy atom. The predicted molar refractivity (Wildman–Crippen MR) is 40.4 cm³/mol. The summed E-state index contributed by atoms with van der Waals surface area (Å²) in [7, 11) is 0. The third kappa shape index (κ3) is 1.65. The van der Waals surface area contributed by atoms with E-state index in [1.54, 1.807) is 0 Å². The summed E-state index contributed by atoms with van der Waals surface area (Å²) >= 11 is 0. The summed E-state index contributed by atoms with van der Waals surface area (Å²) in [5.41, 5.74) is 0. The highest BCUT2D eigenvalue weighted by molar-refractivity contribution is 5.79. The van der Waals surface area contributed by atoms with Crippen LogP contribution < -0.4 is 5.32 Å². The van der Waals surface area contributed by atoms with Crippen LogP contribution in [-0.4, -0.2) is 30.6 Å². The van der Waals surface area contributed by atoms with Crippen molar-refractivity contribution in [1.82, 2.24) is 5.32 Å². The summed E-state index contributed by atoms with van der Waals surface area (Å²) in [4.78, 5) is 10.7. The minimum atomic E-state index is -2.92. The van der Waals surface area contributed by atoms with Gasteiger partial charge in [-0.1, -0.05) is 0 Å². The molecule has 0 spiro atoms. The number of carbonyl (C=O) groups is 1. The zero-order chi connectivity index (χ0) is 9.42. The number of carbonyl (C=O) groups excluding carboxylic acids is 1. The number of amides is 1. The molecule has 2 aliphatic rings. The van der Waals surface area contributed by atoms with Gasteiger partial charge < -0.3 is 10.1 Å². The molecule has 0 radical (unpaired) electrons. The minimum Gasteiger partial charge on any atom is -0.373 e. The Bertz CT molecular complexity index is 222. The summed E-state index contributed by atoms with van der Waals surface area (Å²) in [6.07, 6.45) is -0.229. The molecule has 74 valence electrons. The Morgan fingerprint density at radius 1 is 1.46 bits per heavy atom. The second kappa shape index (κ2) is 3.21. The van der Waals surface area contributed by atoms with Gasteiger partial charge in [-0.25, -0.2) is 0 Å². The predicted octanol–water partition coefficient (Wildman–Crippen LogP) is 0.688. The van der Waals surface area contributed by atoms with Crippen LogP contribution in [0.15, 0.2) is 0 Å². The lowest BCUT2D eigenvalue weighted by molar-refractivity contribution is -0.132. The third-order valence-electron chi connectivity index (χ3n) is 2.63. The number of hydrogen-bond donors (Lipinski definition) is 1. The lowest BCUT2D eigenvalue weighted by Crippen LogP contribution is -2.43. The van der Waals surface area contributed by atoms with Crippen molar-refractivity contribution in [3.05, 3.63) is 0 Å². The monoisotopic (exact) mass is 191 g/mol. The van der Waals surface area contributed by atoms with E-state index in [0.29, 0.717) is 6.42 Å². The first-order chi connectivity index (χ1) is 6.16. The van der Waals surface area contributed by atoms with E-state index in [1.807, 2.05) is 0 Å². The van der Waals surface area contributed by atoms with Gasteiger partial charge in [-0.15, -0.1) is 0 Å². The molecular formula is C8H11F2NO2. The van der Waals surface area contributed by atoms with Gasteiger partial charge in [0.2, 0.25) is 0 Å². The average molecular weight is 191 g/mol. The van der Waals surface area contributed by atoms with Gasteiger partial charge in [0.05, 0.1) is 18.2 Å². The molecular weight excluding hydrogens is 180 g/mol. The topological polar surface area (TPSA) is 38.3 Å². The molecule has 3 nitrogen and oxygen atoms in total. The molecule has 2 unspecified atom stereocenters. The number of ether oxygens (including phenoxy) is 1. The third-order valence-corrected chi connectivity index (χ3v) is 2.63. The maximum absolute atomic E-state index is 11.9. The van der Waals surface area contributed by atoms with Crippen molar-refractivity contribution in [2.75, 3.05) is 0 Å². The summed E-state index contributed by atoms with van der Waals surface area (Å²) in [5.74, 6) is -1.18. The molecule has 2 heterocycles. The van der Waals surface area contributed by atoms with Crippen LogP contribution in [-0.2, 0) is 9.53 Å². The highest BCUT2D eigenvalue weighted by Crippen LogP contribution is 2.34. The lowest BCUT2D eigenvalue weighted by Gasteiger charge is -2.19. The van der Waals surface area contributed by atoms with Gasteiger partial charge in [0.25, 0.3) is 5.91 Å². The second-order valence-electron chi connectivity index (χ2n) is 3.53. The fraction of sp³-hybridized carbons (Fsp3) is 0.875. The molecule has 2 fully saturated rings. The van der Waals surface area contributed by atoms with Gasteiger partial charge in [0.15, 0.2) is 0 Å². The summed E-state index contributed by atoms with van der Waals surface area (Å²) in [6.45, 7) is 0. The summed E-state index contributed by atoms with van der Waals surface area (Å²) in [5, 5.41) is 2.30. The van der Waals surface area contributed by atoms with Crippen LogP contribution >= 0.6 is 0 Å². The van der Waals surface area contributed by atoms with Crippen LogP contribution in [0.2, 0.25) is 0 Å². The molecule has 0 aliphatic carbocycles. The Balaban J connectivity index is 1.86. The van der Waals surface area contributed by atoms with Gasteiger partial charge in [0.1, 0.15) is 0 Å². The zero-order valence-electron chi connectivity index (χ0n) is 7.00. The molecule has 1 amide bonds. The minimum absolute atomic E-state index is 0.0345. The quantitative estimate of drug-likeness (QED) is 0.697. The van der Waals surface area contributed by atoms with E-state index in [0.717, 1.165) is 12.8 Å². The number of rotatable bonds is 2. The van der Waals surface area contributed by atoms with Gasteiger partial charge in [-0.2, -0.15) is 8.78 Å². The van der Waals surface area contributed by atoms with Crippen molar-refractivity contribution in [3.8, 4) is 0 Å². The molecule has 0 aromatic heterocycles. The van der Waals surface area contributed by atoms with Crippen LogP contribution in [0.25, 0.3) is 0 Å². The molecule has 2 rings (SSSR count). The molecule has 0 aromatic rings. The largest absolute Gasteiger partial charge is 0.373 e. The van der Waals surface area contributed by atoms with E-state index >= 15 is 0 Å². The molecule has 5 heteroatoms. The molecule has 2 aliphatic heterocycles. The van der Waals surface area contributed by atoms with Crippen molar-refractivity contribution in [3.63, 3.8) is 0 Å². The van der Waals surface area contributed by atoms with E-state index in [-0.39, 0.29) is 18.2 Å². The van der Waals surface area contributed by atoms with E-state index in [2.05, 4.69) is 5.32 Å². The van der Waals surface area contributed by atoms with Crippen LogP contribution in [0, 0.1) is 0 Å². The number of nitrogens with one attached hydrogen (secondary N) is 1. The first-order valence-corrected chi connectivity index (χ1v) is 4.41.